The van der Waals surface area contributed by atoms with Gasteiger partial charge in [-0.15, -0.1) is 0 Å². The fourth-order valence-corrected chi connectivity index (χ4v) is 3.18. The van der Waals surface area contributed by atoms with Gasteiger partial charge in [0.15, 0.2) is 0 Å². The fourth-order valence-electron chi connectivity index (χ4n) is 3.18. The second kappa shape index (κ2) is 4.97. The number of carbonyl (C=O) groups excluding carboxylic acids is 1. The van der Waals surface area contributed by atoms with Gasteiger partial charge in [0.1, 0.15) is 0 Å². The highest BCUT2D eigenvalue weighted by molar-refractivity contribution is 5.81. The minimum absolute atomic E-state index is 0.0810. The molecule has 0 bridgehead atoms. The molecular weight excluding hydrogens is 212 g/mol. The van der Waals surface area contributed by atoms with Gasteiger partial charge in [-0.25, -0.2) is 0 Å². The van der Waals surface area contributed by atoms with Crippen molar-refractivity contribution in [1.82, 2.24) is 10.6 Å². The first kappa shape index (κ1) is 11.5. The molecular formula is C14H24N2O. The summed E-state index contributed by atoms with van der Waals surface area (Å²) in [5, 5.41) is 6.55. The Morgan fingerprint density at radius 1 is 1.12 bits per heavy atom. The average Bonchev–Trinajstić information content (AvgIpc) is 3.18. The number of carbonyl (C=O) groups is 1. The van der Waals surface area contributed by atoms with Gasteiger partial charge in [-0.1, -0.05) is 0 Å². The summed E-state index contributed by atoms with van der Waals surface area (Å²) in [5.74, 6) is 3.05. The summed E-state index contributed by atoms with van der Waals surface area (Å²) in [4.78, 5) is 11.8. The van der Waals surface area contributed by atoms with E-state index in [4.69, 9.17) is 0 Å². The van der Waals surface area contributed by atoms with Crippen LogP contribution < -0.4 is 10.6 Å². The molecule has 0 spiro atoms. The molecule has 1 heterocycles. The Morgan fingerprint density at radius 2 is 1.82 bits per heavy atom. The summed E-state index contributed by atoms with van der Waals surface area (Å²) >= 11 is 0. The quantitative estimate of drug-likeness (QED) is 0.762. The van der Waals surface area contributed by atoms with Crippen molar-refractivity contribution in [3.05, 3.63) is 0 Å². The fraction of sp³-hybridized carbons (Fsp3) is 0.929. The smallest absolute Gasteiger partial charge is 0.237 e. The van der Waals surface area contributed by atoms with Crippen LogP contribution in [0.4, 0.5) is 0 Å². The monoisotopic (exact) mass is 236 g/mol. The maximum absolute atomic E-state index is 11.8. The zero-order chi connectivity index (χ0) is 11.7. The van der Waals surface area contributed by atoms with Crippen molar-refractivity contribution in [2.24, 2.45) is 17.8 Å². The van der Waals surface area contributed by atoms with Crippen molar-refractivity contribution >= 4 is 5.91 Å². The van der Waals surface area contributed by atoms with Crippen molar-refractivity contribution in [3.63, 3.8) is 0 Å². The van der Waals surface area contributed by atoms with Crippen LogP contribution in [0.15, 0.2) is 0 Å². The van der Waals surface area contributed by atoms with Crippen molar-refractivity contribution < 1.29 is 4.79 Å². The predicted octanol–water partition coefficient (Wildman–Crippen LogP) is 1.68. The van der Waals surface area contributed by atoms with Gasteiger partial charge in [-0.05, 0) is 69.2 Å². The molecule has 1 unspecified atom stereocenters. The molecule has 3 rings (SSSR count). The zero-order valence-corrected chi connectivity index (χ0v) is 10.6. The molecule has 3 nitrogen and oxygen atoms in total. The lowest BCUT2D eigenvalue weighted by Crippen LogP contribution is -2.44. The maximum Gasteiger partial charge on any atom is 0.237 e. The SMILES string of the molecule is O=C1NCCCCC1NCC(C1CC1)C1CC1. The molecule has 1 aliphatic heterocycles. The molecule has 2 N–H and O–H groups in total. The third-order valence-corrected chi connectivity index (χ3v) is 4.59. The molecule has 0 radical (unpaired) electrons. The first-order chi connectivity index (χ1) is 8.34. The number of nitrogens with one attached hydrogen (secondary N) is 2. The Kier molecular flexibility index (Phi) is 3.37. The highest BCUT2D eigenvalue weighted by Gasteiger charge is 2.41. The van der Waals surface area contributed by atoms with Gasteiger partial charge >= 0.3 is 0 Å². The third kappa shape index (κ3) is 3.01. The van der Waals surface area contributed by atoms with Crippen LogP contribution in [-0.4, -0.2) is 25.0 Å². The van der Waals surface area contributed by atoms with E-state index >= 15 is 0 Å². The van der Waals surface area contributed by atoms with Crippen LogP contribution >= 0.6 is 0 Å². The van der Waals surface area contributed by atoms with Gasteiger partial charge in [-0.2, -0.15) is 0 Å². The van der Waals surface area contributed by atoms with Crippen LogP contribution in [0.1, 0.15) is 44.9 Å². The first-order valence-electron chi connectivity index (χ1n) is 7.35. The van der Waals surface area contributed by atoms with E-state index in [-0.39, 0.29) is 11.9 Å². The van der Waals surface area contributed by atoms with Crippen LogP contribution in [0.25, 0.3) is 0 Å². The lowest BCUT2D eigenvalue weighted by Gasteiger charge is -2.21. The van der Waals surface area contributed by atoms with E-state index in [0.29, 0.717) is 0 Å². The highest BCUT2D eigenvalue weighted by atomic mass is 16.2. The van der Waals surface area contributed by atoms with Gasteiger partial charge in [0.25, 0.3) is 0 Å². The van der Waals surface area contributed by atoms with E-state index in [2.05, 4.69) is 10.6 Å². The molecule has 96 valence electrons. The summed E-state index contributed by atoms with van der Waals surface area (Å²) in [7, 11) is 0. The van der Waals surface area contributed by atoms with Crippen LogP contribution in [0.5, 0.6) is 0 Å². The normalized spacial score (nSPS) is 30.2. The van der Waals surface area contributed by atoms with Crippen molar-refractivity contribution in [3.8, 4) is 0 Å². The lowest BCUT2D eigenvalue weighted by atomic mass is 9.97. The van der Waals surface area contributed by atoms with Crippen molar-refractivity contribution in [2.45, 2.75) is 51.0 Å². The average molecular weight is 236 g/mol. The Hall–Kier alpha value is -0.570. The number of hydrogen-bond acceptors (Lipinski definition) is 2. The molecule has 1 saturated heterocycles. The van der Waals surface area contributed by atoms with Gasteiger partial charge in [0.05, 0.1) is 6.04 Å². The van der Waals surface area contributed by atoms with E-state index in [1.165, 1.54) is 32.1 Å². The summed E-state index contributed by atoms with van der Waals surface area (Å²) in [6.07, 6.45) is 9.05. The van der Waals surface area contributed by atoms with E-state index < -0.39 is 0 Å². The summed E-state index contributed by atoms with van der Waals surface area (Å²) in [5.41, 5.74) is 0. The number of amides is 1. The molecule has 2 aliphatic carbocycles. The summed E-state index contributed by atoms with van der Waals surface area (Å²) in [6.45, 7) is 1.94. The number of rotatable bonds is 5. The Labute approximate surface area is 104 Å². The topological polar surface area (TPSA) is 41.1 Å². The second-order valence-electron chi connectivity index (χ2n) is 6.09. The molecule has 0 aromatic rings. The Bertz CT molecular complexity index is 272. The largest absolute Gasteiger partial charge is 0.355 e. The van der Waals surface area contributed by atoms with E-state index in [1.54, 1.807) is 0 Å². The molecule has 3 fully saturated rings. The summed E-state index contributed by atoms with van der Waals surface area (Å²) < 4.78 is 0. The van der Waals surface area contributed by atoms with Gasteiger partial charge in [0.2, 0.25) is 5.91 Å². The van der Waals surface area contributed by atoms with E-state index in [1.807, 2.05) is 0 Å². The van der Waals surface area contributed by atoms with Crippen molar-refractivity contribution in [2.75, 3.05) is 13.1 Å². The molecule has 17 heavy (non-hydrogen) atoms. The Morgan fingerprint density at radius 3 is 2.47 bits per heavy atom. The van der Waals surface area contributed by atoms with Crippen LogP contribution in [0, 0.1) is 17.8 Å². The first-order valence-corrected chi connectivity index (χ1v) is 7.35. The maximum atomic E-state index is 11.8. The lowest BCUT2D eigenvalue weighted by molar-refractivity contribution is -0.122. The van der Waals surface area contributed by atoms with Crippen LogP contribution in [-0.2, 0) is 4.79 Å². The highest BCUT2D eigenvalue weighted by Crippen LogP contribution is 2.48. The molecule has 3 heteroatoms. The molecule has 2 saturated carbocycles. The van der Waals surface area contributed by atoms with Gasteiger partial charge in [-0.3, -0.25) is 4.79 Å². The van der Waals surface area contributed by atoms with Gasteiger partial charge in [0, 0.05) is 6.54 Å². The molecule has 1 amide bonds. The predicted molar refractivity (Wildman–Crippen MR) is 67.6 cm³/mol. The van der Waals surface area contributed by atoms with Crippen LogP contribution in [0.3, 0.4) is 0 Å². The molecule has 3 aliphatic rings. The minimum atomic E-state index is 0.0810. The van der Waals surface area contributed by atoms with Gasteiger partial charge < -0.3 is 10.6 Å². The molecule has 0 aromatic heterocycles. The summed E-state index contributed by atoms with van der Waals surface area (Å²) in [6, 6.07) is 0.0810. The second-order valence-corrected chi connectivity index (χ2v) is 6.09. The minimum Gasteiger partial charge on any atom is -0.355 e. The van der Waals surface area contributed by atoms with Crippen molar-refractivity contribution in [1.29, 1.82) is 0 Å². The third-order valence-electron chi connectivity index (χ3n) is 4.59. The zero-order valence-electron chi connectivity index (χ0n) is 10.6. The number of hydrogen-bond donors (Lipinski definition) is 2. The molecule has 0 aromatic carbocycles. The standard InChI is InChI=1S/C14H24N2O/c17-14-13(3-1-2-8-15-14)16-9-12(10-4-5-10)11-6-7-11/h10-13,16H,1-9H2,(H,15,17). The van der Waals surface area contributed by atoms with E-state index in [0.717, 1.165) is 43.7 Å². The molecule has 1 atom stereocenters. The Balaban J connectivity index is 1.49. The van der Waals surface area contributed by atoms with E-state index in [9.17, 15) is 4.79 Å². The van der Waals surface area contributed by atoms with Crippen LogP contribution in [0.2, 0.25) is 0 Å².